The normalized spacial score (nSPS) is 13.7. The lowest BCUT2D eigenvalue weighted by atomic mass is 10.0. The van der Waals surface area contributed by atoms with E-state index in [0.29, 0.717) is 13.0 Å². The number of ether oxygens (including phenoxy) is 2. The molecule has 0 aliphatic heterocycles. The first kappa shape index (κ1) is 24.2. The van der Waals surface area contributed by atoms with Crippen LogP contribution in [0.15, 0.2) is 0 Å². The van der Waals surface area contributed by atoms with Crippen molar-refractivity contribution in [3.8, 4) is 0 Å². The van der Waals surface area contributed by atoms with Gasteiger partial charge in [-0.05, 0) is 39.5 Å². The van der Waals surface area contributed by atoms with E-state index in [0.717, 1.165) is 12.8 Å². The fourth-order valence-corrected chi connectivity index (χ4v) is 2.02. The number of aliphatic hydroxyl groups is 1. The van der Waals surface area contributed by atoms with Gasteiger partial charge in [0.1, 0.15) is 17.7 Å². The lowest BCUT2D eigenvalue weighted by molar-refractivity contribution is -0.148. The van der Waals surface area contributed by atoms with Crippen LogP contribution < -0.4 is 10.6 Å². The molecule has 0 aromatic rings. The Morgan fingerprint density at radius 2 is 1.69 bits per heavy atom. The zero-order chi connectivity index (χ0) is 20.3. The van der Waals surface area contributed by atoms with Gasteiger partial charge in [0.15, 0.2) is 0 Å². The molecule has 0 saturated carbocycles. The molecule has 8 heteroatoms. The Balaban J connectivity index is 4.85. The van der Waals surface area contributed by atoms with Gasteiger partial charge < -0.3 is 25.2 Å². The van der Waals surface area contributed by atoms with Crippen LogP contribution in [0.25, 0.3) is 0 Å². The number of nitrogens with one attached hydrogen (secondary N) is 2. The van der Waals surface area contributed by atoms with Crippen LogP contribution in [0.1, 0.15) is 60.8 Å². The van der Waals surface area contributed by atoms with Crippen molar-refractivity contribution >= 4 is 18.0 Å². The summed E-state index contributed by atoms with van der Waals surface area (Å²) < 4.78 is 10.2. The number of hydrogen-bond acceptors (Lipinski definition) is 6. The Morgan fingerprint density at radius 3 is 2.15 bits per heavy atom. The van der Waals surface area contributed by atoms with Crippen molar-refractivity contribution in [2.45, 2.75) is 78.5 Å². The van der Waals surface area contributed by atoms with E-state index in [4.69, 9.17) is 9.47 Å². The van der Waals surface area contributed by atoms with Gasteiger partial charge in [-0.3, -0.25) is 4.79 Å². The molecule has 0 rings (SSSR count). The Hall–Kier alpha value is -1.83. The van der Waals surface area contributed by atoms with E-state index < -0.39 is 42.3 Å². The highest BCUT2D eigenvalue weighted by atomic mass is 16.6. The van der Waals surface area contributed by atoms with Crippen molar-refractivity contribution in [2.75, 3.05) is 13.2 Å². The highest BCUT2D eigenvalue weighted by molar-refractivity contribution is 5.89. The molecule has 0 heterocycles. The average molecular weight is 374 g/mol. The summed E-state index contributed by atoms with van der Waals surface area (Å²) in [5, 5.41) is 14.3. The van der Waals surface area contributed by atoms with Gasteiger partial charge in [0.05, 0.1) is 13.2 Å². The van der Waals surface area contributed by atoms with E-state index in [1.165, 1.54) is 0 Å². The van der Waals surface area contributed by atoms with E-state index in [1.54, 1.807) is 20.8 Å². The largest absolute Gasteiger partial charge is 0.464 e. The third kappa shape index (κ3) is 10.9. The molecule has 2 amide bonds. The molecule has 0 aromatic heterocycles. The second-order valence-electron chi connectivity index (χ2n) is 7.59. The minimum atomic E-state index is -1.22. The van der Waals surface area contributed by atoms with Crippen LogP contribution in [0.4, 0.5) is 4.79 Å². The third-order valence-corrected chi connectivity index (χ3v) is 3.24. The highest BCUT2D eigenvalue weighted by Gasteiger charge is 2.29. The summed E-state index contributed by atoms with van der Waals surface area (Å²) in [5.74, 6) is -1.05. The van der Waals surface area contributed by atoms with Gasteiger partial charge in [0.2, 0.25) is 5.91 Å². The second kappa shape index (κ2) is 11.7. The molecule has 0 aromatic carbocycles. The van der Waals surface area contributed by atoms with Crippen LogP contribution in [-0.4, -0.2) is 54.0 Å². The fourth-order valence-electron chi connectivity index (χ4n) is 2.02. The van der Waals surface area contributed by atoms with Crippen LogP contribution in [0, 0.1) is 5.92 Å². The van der Waals surface area contributed by atoms with Crippen molar-refractivity contribution in [1.82, 2.24) is 10.6 Å². The van der Waals surface area contributed by atoms with Crippen LogP contribution >= 0.6 is 0 Å². The maximum atomic E-state index is 12.4. The number of rotatable bonds is 10. The maximum absolute atomic E-state index is 12.4. The first-order chi connectivity index (χ1) is 12.0. The number of esters is 1. The summed E-state index contributed by atoms with van der Waals surface area (Å²) in [6, 6.07) is -2.06. The van der Waals surface area contributed by atoms with Crippen LogP contribution in [-0.2, 0) is 19.1 Å². The van der Waals surface area contributed by atoms with E-state index in [1.807, 2.05) is 20.8 Å². The third-order valence-electron chi connectivity index (χ3n) is 3.24. The van der Waals surface area contributed by atoms with Gasteiger partial charge in [-0.25, -0.2) is 9.59 Å². The molecule has 0 aliphatic carbocycles. The molecule has 3 N–H and O–H groups in total. The Labute approximate surface area is 156 Å². The summed E-state index contributed by atoms with van der Waals surface area (Å²) >= 11 is 0. The minimum absolute atomic E-state index is 0.144. The lowest BCUT2D eigenvalue weighted by Crippen LogP contribution is -2.54. The zero-order valence-corrected chi connectivity index (χ0v) is 16.8. The van der Waals surface area contributed by atoms with Crippen LogP contribution in [0.5, 0.6) is 0 Å². The van der Waals surface area contributed by atoms with Crippen LogP contribution in [0.2, 0.25) is 0 Å². The Bertz CT molecular complexity index is 459. The summed E-state index contributed by atoms with van der Waals surface area (Å²) in [7, 11) is 0. The number of carbonyl (C=O) groups is 3. The standard InChI is InChI=1S/C18H34N2O6/c1-7-8-9-25-16(23)13(10-12(2)3)19-15(22)14(11-21)20-17(24)26-18(4,5)6/h12-14,21H,7-11H2,1-6H3,(H,19,22)(H,20,24)/t13-,14-/m0/s1. The maximum Gasteiger partial charge on any atom is 0.408 e. The molecule has 0 saturated heterocycles. The van der Waals surface area contributed by atoms with Gasteiger partial charge in [-0.1, -0.05) is 27.2 Å². The zero-order valence-electron chi connectivity index (χ0n) is 16.8. The predicted molar refractivity (Wildman–Crippen MR) is 97.5 cm³/mol. The minimum Gasteiger partial charge on any atom is -0.464 e. The Morgan fingerprint density at radius 1 is 1.08 bits per heavy atom. The fraction of sp³-hybridized carbons (Fsp3) is 0.833. The molecular formula is C18H34N2O6. The van der Waals surface area contributed by atoms with Crippen molar-refractivity contribution in [3.05, 3.63) is 0 Å². The molecule has 0 spiro atoms. The summed E-state index contributed by atoms with van der Waals surface area (Å²) in [6.07, 6.45) is 1.20. The number of amides is 2. The summed E-state index contributed by atoms with van der Waals surface area (Å²) in [5.41, 5.74) is -0.732. The molecule has 0 fully saturated rings. The number of hydrogen-bond donors (Lipinski definition) is 3. The summed E-state index contributed by atoms with van der Waals surface area (Å²) in [6.45, 7) is 10.5. The highest BCUT2D eigenvalue weighted by Crippen LogP contribution is 2.09. The van der Waals surface area contributed by atoms with E-state index in [-0.39, 0.29) is 5.92 Å². The number of aliphatic hydroxyl groups excluding tert-OH is 1. The van der Waals surface area contributed by atoms with Gasteiger partial charge in [0, 0.05) is 0 Å². The first-order valence-corrected chi connectivity index (χ1v) is 9.07. The van der Waals surface area contributed by atoms with Gasteiger partial charge in [-0.2, -0.15) is 0 Å². The van der Waals surface area contributed by atoms with Gasteiger partial charge >= 0.3 is 12.1 Å². The predicted octanol–water partition coefficient (Wildman–Crippen LogP) is 1.75. The monoisotopic (exact) mass is 374 g/mol. The van der Waals surface area contributed by atoms with E-state index in [2.05, 4.69) is 10.6 Å². The average Bonchev–Trinajstić information content (AvgIpc) is 2.49. The van der Waals surface area contributed by atoms with Crippen LogP contribution in [0.3, 0.4) is 0 Å². The molecule has 152 valence electrons. The number of alkyl carbamates (subject to hydrolysis) is 1. The molecule has 0 bridgehead atoms. The molecule has 0 unspecified atom stereocenters. The topological polar surface area (TPSA) is 114 Å². The Kier molecular flexibility index (Phi) is 10.9. The smallest absolute Gasteiger partial charge is 0.408 e. The first-order valence-electron chi connectivity index (χ1n) is 9.07. The molecule has 2 atom stereocenters. The van der Waals surface area contributed by atoms with E-state index >= 15 is 0 Å². The second-order valence-corrected chi connectivity index (χ2v) is 7.59. The van der Waals surface area contributed by atoms with Crippen molar-refractivity contribution in [1.29, 1.82) is 0 Å². The quantitative estimate of drug-likeness (QED) is 0.396. The van der Waals surface area contributed by atoms with Crippen molar-refractivity contribution in [3.63, 3.8) is 0 Å². The lowest BCUT2D eigenvalue weighted by Gasteiger charge is -2.24. The van der Waals surface area contributed by atoms with Crippen molar-refractivity contribution in [2.24, 2.45) is 5.92 Å². The van der Waals surface area contributed by atoms with Gasteiger partial charge in [0.25, 0.3) is 0 Å². The van der Waals surface area contributed by atoms with Crippen molar-refractivity contribution < 1.29 is 29.0 Å². The number of carbonyl (C=O) groups excluding carboxylic acids is 3. The molecule has 0 radical (unpaired) electrons. The molecule has 0 aliphatic rings. The molecular weight excluding hydrogens is 340 g/mol. The molecule has 8 nitrogen and oxygen atoms in total. The summed E-state index contributed by atoms with van der Waals surface area (Å²) in [4.78, 5) is 36.3. The van der Waals surface area contributed by atoms with E-state index in [9.17, 15) is 19.5 Å². The number of unbranched alkanes of at least 4 members (excludes halogenated alkanes) is 1. The van der Waals surface area contributed by atoms with Gasteiger partial charge in [-0.15, -0.1) is 0 Å². The SMILES string of the molecule is CCCCOC(=O)[C@H](CC(C)C)NC(=O)[C@H](CO)NC(=O)OC(C)(C)C. The molecule has 26 heavy (non-hydrogen) atoms.